The summed E-state index contributed by atoms with van der Waals surface area (Å²) in [6.07, 6.45) is 0. The summed E-state index contributed by atoms with van der Waals surface area (Å²) in [5.74, 6) is -2.78. The van der Waals surface area contributed by atoms with Crippen LogP contribution < -0.4 is 29.6 Å². The number of methoxy groups -OCH3 is 1. The normalized spacial score (nSPS) is 10.8. The maximum atomic E-state index is 12.4. The Hall–Kier alpha value is -3.13. The van der Waals surface area contributed by atoms with Crippen molar-refractivity contribution in [2.24, 2.45) is 0 Å². The van der Waals surface area contributed by atoms with Crippen molar-refractivity contribution in [3.05, 3.63) is 76.9 Å². The van der Waals surface area contributed by atoms with Gasteiger partial charge in [0, 0.05) is 12.7 Å². The van der Waals surface area contributed by atoms with Crippen LogP contribution in [-0.4, -0.2) is 70.2 Å². The molecule has 0 N–H and O–H groups in total. The third-order valence-electron chi connectivity index (χ3n) is 5.22. The summed E-state index contributed by atoms with van der Waals surface area (Å²) in [6.45, 7) is 0.698. The maximum absolute atomic E-state index is 12.4. The molecule has 3 aromatic rings. The molecule has 0 heterocycles. The smallest absolute Gasteiger partial charge is 0.744 e. The SMILES string of the molecule is COCCOC(=O)c1cc(C(=O)OCCOC(=O)c2ccc3cc(C(C)=O)ccc3c2)cc(S(=O)(=O)[O-])c1.[Na+]. The minimum absolute atomic E-state index is 0. The average molecular weight is 567 g/mol. The molecule has 0 radical (unpaired) electrons. The van der Waals surface area contributed by atoms with E-state index >= 15 is 0 Å². The third-order valence-corrected chi connectivity index (χ3v) is 6.03. The van der Waals surface area contributed by atoms with Gasteiger partial charge in [-0.25, -0.2) is 22.8 Å². The van der Waals surface area contributed by atoms with Crippen LogP contribution in [0.2, 0.25) is 0 Å². The van der Waals surface area contributed by atoms with Crippen LogP contribution in [0.5, 0.6) is 0 Å². The number of benzene rings is 3. The van der Waals surface area contributed by atoms with Crippen molar-refractivity contribution in [2.45, 2.75) is 11.8 Å². The van der Waals surface area contributed by atoms with Crippen LogP contribution >= 0.6 is 0 Å². The van der Waals surface area contributed by atoms with Crippen LogP contribution in [0.3, 0.4) is 0 Å². The summed E-state index contributed by atoms with van der Waals surface area (Å²) < 4.78 is 54.2. The predicted molar refractivity (Wildman–Crippen MR) is 131 cm³/mol. The molecule has 0 bridgehead atoms. The molecule has 0 aliphatic heterocycles. The molecule has 0 atom stereocenters. The number of carbonyl (C=O) groups excluding carboxylic acids is 4. The van der Waals surface area contributed by atoms with Crippen molar-refractivity contribution < 1.29 is 80.7 Å². The van der Waals surface area contributed by atoms with E-state index in [4.69, 9.17) is 18.9 Å². The Labute approximate surface area is 246 Å². The van der Waals surface area contributed by atoms with Gasteiger partial charge in [-0.1, -0.05) is 18.2 Å². The van der Waals surface area contributed by atoms with E-state index < -0.39 is 32.9 Å². The van der Waals surface area contributed by atoms with E-state index in [1.54, 1.807) is 30.3 Å². The van der Waals surface area contributed by atoms with Crippen LogP contribution in [0.1, 0.15) is 48.4 Å². The standard InChI is InChI=1S/C26H24O11S.Na/c1-16(27)17-3-4-19-12-20(6-5-18(19)11-17)24(28)36-9-10-37-26(30)22-13-21(25(29)35-8-7-34-2)14-23(15-22)38(31,32)33;/h3-6,11-15H,7-10H2,1-2H3,(H,31,32,33);/q;+1/p-1. The first-order valence-electron chi connectivity index (χ1n) is 11.2. The number of ketones is 1. The van der Waals surface area contributed by atoms with E-state index in [9.17, 15) is 32.1 Å². The monoisotopic (exact) mass is 566 g/mol. The van der Waals surface area contributed by atoms with Gasteiger partial charge < -0.3 is 23.5 Å². The van der Waals surface area contributed by atoms with Crippen molar-refractivity contribution >= 4 is 44.6 Å². The van der Waals surface area contributed by atoms with E-state index in [2.05, 4.69) is 0 Å². The van der Waals surface area contributed by atoms with Crippen LogP contribution in [-0.2, 0) is 29.1 Å². The molecule has 11 nitrogen and oxygen atoms in total. The number of rotatable bonds is 11. The van der Waals surface area contributed by atoms with Gasteiger partial charge in [-0.05, 0) is 54.1 Å². The van der Waals surface area contributed by atoms with E-state index in [1.165, 1.54) is 20.1 Å². The Balaban J connectivity index is 0.00000533. The summed E-state index contributed by atoms with van der Waals surface area (Å²) in [4.78, 5) is 47.7. The molecule has 0 aliphatic rings. The maximum Gasteiger partial charge on any atom is 1.00 e. The number of carbonyl (C=O) groups is 4. The fourth-order valence-electron chi connectivity index (χ4n) is 3.31. The van der Waals surface area contributed by atoms with E-state index in [0.717, 1.165) is 29.0 Å². The third kappa shape index (κ3) is 8.95. The van der Waals surface area contributed by atoms with Gasteiger partial charge in [0.1, 0.15) is 29.9 Å². The Kier molecular flexibility index (Phi) is 11.8. The quantitative estimate of drug-likeness (QED) is 0.0752. The molecule has 13 heteroatoms. The molecule has 0 unspecified atom stereocenters. The molecule has 0 spiro atoms. The fraction of sp³-hybridized carbons (Fsp3) is 0.231. The minimum Gasteiger partial charge on any atom is -0.744 e. The largest absolute Gasteiger partial charge is 1.00 e. The zero-order valence-corrected chi connectivity index (χ0v) is 24.2. The van der Waals surface area contributed by atoms with E-state index in [1.807, 2.05) is 0 Å². The molecule has 0 fully saturated rings. The Bertz CT molecular complexity index is 1500. The molecule has 3 rings (SSSR count). The van der Waals surface area contributed by atoms with Gasteiger partial charge in [-0.15, -0.1) is 0 Å². The van der Waals surface area contributed by atoms with Crippen molar-refractivity contribution in [1.82, 2.24) is 0 Å². The van der Waals surface area contributed by atoms with Crippen molar-refractivity contribution in [2.75, 3.05) is 33.5 Å². The summed E-state index contributed by atoms with van der Waals surface area (Å²) in [5, 5.41) is 1.49. The number of ether oxygens (including phenoxy) is 4. The molecule has 0 aromatic heterocycles. The molecule has 200 valence electrons. The second-order valence-corrected chi connectivity index (χ2v) is 9.31. The Morgan fingerprint density at radius 2 is 1.10 bits per heavy atom. The molecular formula is C26H23NaO11S. The fourth-order valence-corrected chi connectivity index (χ4v) is 3.85. The van der Waals surface area contributed by atoms with Crippen molar-refractivity contribution in [3.63, 3.8) is 0 Å². The van der Waals surface area contributed by atoms with Gasteiger partial charge in [-0.2, -0.15) is 0 Å². The molecule has 39 heavy (non-hydrogen) atoms. The molecular weight excluding hydrogens is 543 g/mol. The summed E-state index contributed by atoms with van der Waals surface area (Å²) in [7, 11) is -3.62. The van der Waals surface area contributed by atoms with Gasteiger partial charge in [0.2, 0.25) is 0 Å². The summed E-state index contributed by atoms with van der Waals surface area (Å²) >= 11 is 0. The number of hydrogen-bond acceptors (Lipinski definition) is 11. The minimum atomic E-state index is -5.01. The predicted octanol–water partition coefficient (Wildman–Crippen LogP) is -0.232. The number of esters is 3. The first-order chi connectivity index (χ1) is 18.0. The molecule has 0 aliphatic carbocycles. The van der Waals surface area contributed by atoms with Crippen molar-refractivity contribution in [3.8, 4) is 0 Å². The Morgan fingerprint density at radius 1 is 0.667 bits per heavy atom. The molecule has 3 aromatic carbocycles. The van der Waals surface area contributed by atoms with Crippen LogP contribution in [0.4, 0.5) is 0 Å². The topological polar surface area (TPSA) is 162 Å². The van der Waals surface area contributed by atoms with Gasteiger partial charge in [-0.3, -0.25) is 4.79 Å². The van der Waals surface area contributed by atoms with Crippen molar-refractivity contribution in [1.29, 1.82) is 0 Å². The van der Waals surface area contributed by atoms with Gasteiger partial charge in [0.05, 0.1) is 28.2 Å². The van der Waals surface area contributed by atoms with Gasteiger partial charge in [0.25, 0.3) is 0 Å². The summed E-state index contributed by atoms with van der Waals surface area (Å²) in [5.41, 5.74) is 0.0575. The van der Waals surface area contributed by atoms with Gasteiger partial charge in [0.15, 0.2) is 5.78 Å². The Morgan fingerprint density at radius 3 is 1.56 bits per heavy atom. The van der Waals surface area contributed by atoms with Crippen LogP contribution in [0.25, 0.3) is 10.8 Å². The zero-order valence-electron chi connectivity index (χ0n) is 21.4. The number of hydrogen-bond donors (Lipinski definition) is 0. The number of Topliss-reactive ketones (excluding diaryl/α,β-unsaturated/α-hetero) is 1. The second kappa shape index (κ2) is 14.3. The molecule has 0 saturated carbocycles. The average Bonchev–Trinajstić information content (AvgIpc) is 2.89. The zero-order chi connectivity index (χ0) is 27.9. The number of fused-ring (bicyclic) bond motifs is 1. The van der Waals surface area contributed by atoms with Crippen LogP contribution in [0.15, 0.2) is 59.5 Å². The van der Waals surface area contributed by atoms with Crippen LogP contribution in [0, 0.1) is 0 Å². The molecule has 0 amide bonds. The first kappa shape index (κ1) is 32.1. The van der Waals surface area contributed by atoms with E-state index in [-0.39, 0.29) is 78.5 Å². The van der Waals surface area contributed by atoms with E-state index in [0.29, 0.717) is 5.56 Å². The summed E-state index contributed by atoms with van der Waals surface area (Å²) in [6, 6.07) is 12.5. The first-order valence-corrected chi connectivity index (χ1v) is 12.6. The van der Waals surface area contributed by atoms with Gasteiger partial charge >= 0.3 is 47.5 Å². The molecule has 0 saturated heterocycles. The second-order valence-electron chi connectivity index (χ2n) is 7.93.